The molecule has 0 saturated heterocycles. The third-order valence-electron chi connectivity index (χ3n) is 4.39. The molecule has 6 nitrogen and oxygen atoms in total. The Morgan fingerprint density at radius 1 is 1.29 bits per heavy atom. The predicted molar refractivity (Wildman–Crippen MR) is 91.1 cm³/mol. The highest BCUT2D eigenvalue weighted by atomic mass is 32.2. The average molecular weight is 344 g/mol. The molecule has 1 unspecified atom stereocenters. The molecule has 0 aliphatic carbocycles. The van der Waals surface area contributed by atoms with E-state index in [1.54, 1.807) is 11.8 Å². The molecule has 2 aromatic rings. The fourth-order valence-corrected chi connectivity index (χ4v) is 4.12. The van der Waals surface area contributed by atoms with E-state index in [9.17, 15) is 4.79 Å². The van der Waals surface area contributed by atoms with Crippen molar-refractivity contribution in [3.8, 4) is 5.75 Å². The van der Waals surface area contributed by atoms with E-state index in [2.05, 4.69) is 28.6 Å². The standard InChI is InChI=1S/C17H20N4O2S/c1-11(2)16-19-18-15-9-20(7-8-21(15)16)17(22)13-10-24-14-6-4-3-5-12(14)23-13/h3-6,11,13H,7-10H2,1-2H3. The second-order valence-electron chi connectivity index (χ2n) is 6.40. The fourth-order valence-electron chi connectivity index (χ4n) is 3.14. The average Bonchev–Trinajstić information content (AvgIpc) is 3.04. The highest BCUT2D eigenvalue weighted by Crippen LogP contribution is 2.35. The molecule has 0 saturated carbocycles. The van der Waals surface area contributed by atoms with Gasteiger partial charge in [-0.25, -0.2) is 0 Å². The Morgan fingerprint density at radius 3 is 2.96 bits per heavy atom. The van der Waals surface area contributed by atoms with Gasteiger partial charge in [-0.2, -0.15) is 0 Å². The summed E-state index contributed by atoms with van der Waals surface area (Å²) in [5.74, 6) is 3.68. The summed E-state index contributed by atoms with van der Waals surface area (Å²) in [6, 6.07) is 7.87. The summed E-state index contributed by atoms with van der Waals surface area (Å²) in [6.07, 6.45) is -0.427. The molecule has 2 aliphatic rings. The molecule has 1 atom stereocenters. The SMILES string of the molecule is CC(C)c1nnc2n1CCN(C(=O)C1CSc3ccccc3O1)C2. The Hall–Kier alpha value is -2.02. The van der Waals surface area contributed by atoms with Crippen LogP contribution in [0.1, 0.15) is 31.4 Å². The molecule has 0 radical (unpaired) electrons. The maximum atomic E-state index is 12.8. The number of fused-ring (bicyclic) bond motifs is 2. The van der Waals surface area contributed by atoms with Crippen LogP contribution in [-0.4, -0.2) is 44.0 Å². The molecule has 126 valence electrons. The van der Waals surface area contributed by atoms with Crippen LogP contribution in [0.15, 0.2) is 29.2 Å². The fraction of sp³-hybridized carbons (Fsp3) is 0.471. The van der Waals surface area contributed by atoms with Crippen molar-refractivity contribution in [2.24, 2.45) is 0 Å². The second kappa shape index (κ2) is 6.12. The molecule has 1 aromatic carbocycles. The molecule has 0 bridgehead atoms. The van der Waals surface area contributed by atoms with Gasteiger partial charge in [0.2, 0.25) is 0 Å². The number of hydrogen-bond donors (Lipinski definition) is 0. The number of hydrogen-bond acceptors (Lipinski definition) is 5. The van der Waals surface area contributed by atoms with Crippen molar-refractivity contribution in [2.45, 2.75) is 43.9 Å². The topological polar surface area (TPSA) is 60.2 Å². The third kappa shape index (κ3) is 2.66. The lowest BCUT2D eigenvalue weighted by Crippen LogP contribution is -2.47. The Morgan fingerprint density at radius 2 is 2.12 bits per heavy atom. The van der Waals surface area contributed by atoms with Gasteiger partial charge in [-0.3, -0.25) is 4.79 Å². The lowest BCUT2D eigenvalue weighted by Gasteiger charge is -2.33. The van der Waals surface area contributed by atoms with Gasteiger partial charge >= 0.3 is 0 Å². The van der Waals surface area contributed by atoms with Gasteiger partial charge in [0.25, 0.3) is 5.91 Å². The first-order valence-electron chi connectivity index (χ1n) is 8.22. The molecule has 1 amide bonds. The Labute approximate surface area is 145 Å². The van der Waals surface area contributed by atoms with Crippen molar-refractivity contribution in [1.29, 1.82) is 0 Å². The molecule has 0 N–H and O–H groups in total. The first-order valence-corrected chi connectivity index (χ1v) is 9.21. The van der Waals surface area contributed by atoms with Crippen LogP contribution in [0.25, 0.3) is 0 Å². The number of thioether (sulfide) groups is 1. The number of para-hydroxylation sites is 1. The van der Waals surface area contributed by atoms with Crippen molar-refractivity contribution < 1.29 is 9.53 Å². The highest BCUT2D eigenvalue weighted by molar-refractivity contribution is 7.99. The molecule has 2 aliphatic heterocycles. The van der Waals surface area contributed by atoms with Gasteiger partial charge in [0.05, 0.1) is 6.54 Å². The van der Waals surface area contributed by atoms with Gasteiger partial charge in [0, 0.05) is 29.7 Å². The van der Waals surface area contributed by atoms with Gasteiger partial charge in [-0.05, 0) is 12.1 Å². The van der Waals surface area contributed by atoms with Crippen molar-refractivity contribution in [1.82, 2.24) is 19.7 Å². The van der Waals surface area contributed by atoms with Crippen LogP contribution in [0, 0.1) is 0 Å². The Kier molecular flexibility index (Phi) is 3.96. The molecule has 24 heavy (non-hydrogen) atoms. The lowest BCUT2D eigenvalue weighted by atomic mass is 10.2. The minimum Gasteiger partial charge on any atom is -0.479 e. The summed E-state index contributed by atoms with van der Waals surface area (Å²) < 4.78 is 8.06. The number of ether oxygens (including phenoxy) is 1. The van der Waals surface area contributed by atoms with E-state index in [-0.39, 0.29) is 5.91 Å². The summed E-state index contributed by atoms with van der Waals surface area (Å²) in [5.41, 5.74) is 0. The monoisotopic (exact) mass is 344 g/mol. The van der Waals surface area contributed by atoms with E-state index >= 15 is 0 Å². The summed E-state index contributed by atoms with van der Waals surface area (Å²) in [7, 11) is 0. The Bertz CT molecular complexity index is 774. The first-order chi connectivity index (χ1) is 11.6. The number of carbonyl (C=O) groups is 1. The quantitative estimate of drug-likeness (QED) is 0.837. The highest BCUT2D eigenvalue weighted by Gasteiger charge is 2.33. The van der Waals surface area contributed by atoms with E-state index in [1.165, 1.54) is 0 Å². The van der Waals surface area contributed by atoms with Crippen LogP contribution < -0.4 is 4.74 Å². The number of rotatable bonds is 2. The van der Waals surface area contributed by atoms with Gasteiger partial charge in [0.1, 0.15) is 11.6 Å². The van der Waals surface area contributed by atoms with E-state index < -0.39 is 6.10 Å². The van der Waals surface area contributed by atoms with E-state index in [0.717, 1.165) is 28.8 Å². The van der Waals surface area contributed by atoms with Crippen LogP contribution >= 0.6 is 11.8 Å². The third-order valence-corrected chi connectivity index (χ3v) is 5.51. The van der Waals surface area contributed by atoms with Gasteiger partial charge in [-0.15, -0.1) is 22.0 Å². The maximum Gasteiger partial charge on any atom is 0.265 e. The molecule has 0 fully saturated rings. The molecular formula is C17H20N4O2S. The zero-order chi connectivity index (χ0) is 16.7. The van der Waals surface area contributed by atoms with Crippen molar-refractivity contribution in [3.05, 3.63) is 35.9 Å². The summed E-state index contributed by atoms with van der Waals surface area (Å²) in [4.78, 5) is 15.8. The first kappa shape index (κ1) is 15.5. The smallest absolute Gasteiger partial charge is 0.265 e. The number of carbonyl (C=O) groups excluding carboxylic acids is 1. The minimum absolute atomic E-state index is 0.0392. The molecule has 0 spiro atoms. The second-order valence-corrected chi connectivity index (χ2v) is 7.47. The van der Waals surface area contributed by atoms with E-state index in [1.807, 2.05) is 29.2 Å². The molecular weight excluding hydrogens is 324 g/mol. The van der Waals surface area contributed by atoms with Crippen molar-refractivity contribution >= 4 is 17.7 Å². The molecule has 7 heteroatoms. The Balaban J connectivity index is 1.48. The zero-order valence-electron chi connectivity index (χ0n) is 13.8. The summed E-state index contributed by atoms with van der Waals surface area (Å²) >= 11 is 1.68. The predicted octanol–water partition coefficient (Wildman–Crippen LogP) is 2.30. The number of aromatic nitrogens is 3. The number of nitrogens with zero attached hydrogens (tertiary/aromatic N) is 4. The van der Waals surface area contributed by atoms with Gasteiger partial charge in [0.15, 0.2) is 11.9 Å². The van der Waals surface area contributed by atoms with Gasteiger partial charge < -0.3 is 14.2 Å². The zero-order valence-corrected chi connectivity index (χ0v) is 14.6. The maximum absolute atomic E-state index is 12.8. The van der Waals surface area contributed by atoms with Crippen LogP contribution in [0.2, 0.25) is 0 Å². The van der Waals surface area contributed by atoms with E-state index in [0.29, 0.717) is 24.8 Å². The number of amides is 1. The number of benzene rings is 1. The largest absolute Gasteiger partial charge is 0.479 e. The lowest BCUT2D eigenvalue weighted by molar-refractivity contribution is -0.139. The van der Waals surface area contributed by atoms with Crippen LogP contribution in [0.3, 0.4) is 0 Å². The summed E-state index contributed by atoms with van der Waals surface area (Å²) in [6.45, 7) is 6.15. The molecule has 3 heterocycles. The van der Waals surface area contributed by atoms with Crippen molar-refractivity contribution in [2.75, 3.05) is 12.3 Å². The summed E-state index contributed by atoms with van der Waals surface area (Å²) in [5, 5.41) is 8.54. The van der Waals surface area contributed by atoms with Crippen LogP contribution in [0.5, 0.6) is 5.75 Å². The van der Waals surface area contributed by atoms with E-state index in [4.69, 9.17) is 4.74 Å². The normalized spacial score (nSPS) is 19.6. The minimum atomic E-state index is -0.427. The molecule has 1 aromatic heterocycles. The van der Waals surface area contributed by atoms with Crippen molar-refractivity contribution in [3.63, 3.8) is 0 Å². The van der Waals surface area contributed by atoms with Crippen LogP contribution in [-0.2, 0) is 17.9 Å². The van der Waals surface area contributed by atoms with Crippen LogP contribution in [0.4, 0.5) is 0 Å². The molecule has 4 rings (SSSR count). The van der Waals surface area contributed by atoms with Gasteiger partial charge in [-0.1, -0.05) is 26.0 Å².